The van der Waals surface area contributed by atoms with Gasteiger partial charge in [-0.25, -0.2) is 4.79 Å². The van der Waals surface area contributed by atoms with Crippen LogP contribution in [-0.4, -0.2) is 23.1 Å². The number of unbranched alkanes of at least 4 members (excludes halogenated alkanes) is 3. The zero-order valence-electron chi connectivity index (χ0n) is 21.7. The number of carbonyl (C=O) groups excluding carboxylic acids is 1. The number of benzene rings is 3. The van der Waals surface area contributed by atoms with Gasteiger partial charge in [0, 0.05) is 0 Å². The summed E-state index contributed by atoms with van der Waals surface area (Å²) in [6.45, 7) is 4.31. The van der Waals surface area contributed by atoms with Gasteiger partial charge < -0.3 is 14.6 Å². The van der Waals surface area contributed by atoms with Gasteiger partial charge in [0.2, 0.25) is 0 Å². The molecule has 0 aromatic heterocycles. The Bertz CT molecular complexity index is 1200. The fourth-order valence-corrected chi connectivity index (χ4v) is 5.07. The standard InChI is InChI=1S/C32H36O5/c1-3-4-5-6-11-22(2)36-25-19-16-24(17-20-25)26-13-9-10-15-28(26)32(35)37-30-27-14-8-7-12-23(27)18-21-29(30)31(33)34/h7-10,12-17,19-20,22,29-30H,3-6,11,18,21H2,1-2H3,(H,33,34)/t22-,29?,30?/m0/s1. The van der Waals surface area contributed by atoms with E-state index in [1.165, 1.54) is 19.3 Å². The predicted molar refractivity (Wildman–Crippen MR) is 145 cm³/mol. The number of hydrogen-bond acceptors (Lipinski definition) is 4. The first-order chi connectivity index (χ1) is 18.0. The van der Waals surface area contributed by atoms with Crippen LogP contribution in [0.25, 0.3) is 11.1 Å². The number of ether oxygens (including phenoxy) is 2. The highest BCUT2D eigenvalue weighted by Crippen LogP contribution is 2.38. The predicted octanol–water partition coefficient (Wildman–Crippen LogP) is 7.64. The molecule has 3 aromatic rings. The van der Waals surface area contributed by atoms with Crippen LogP contribution in [0.5, 0.6) is 5.75 Å². The maximum absolute atomic E-state index is 13.4. The molecule has 1 aliphatic carbocycles. The van der Waals surface area contributed by atoms with Crippen molar-refractivity contribution in [3.8, 4) is 16.9 Å². The van der Waals surface area contributed by atoms with E-state index in [1.807, 2.05) is 60.7 Å². The quantitative estimate of drug-likeness (QED) is 0.216. The molecule has 3 atom stereocenters. The number of aliphatic carboxylic acids is 1. The SMILES string of the molecule is CCCCCC[C@H](C)Oc1ccc(-c2ccccc2C(=O)OC2c3ccccc3CCC2C(=O)O)cc1. The Labute approximate surface area is 219 Å². The van der Waals surface area contributed by atoms with Crippen molar-refractivity contribution in [1.82, 2.24) is 0 Å². The highest BCUT2D eigenvalue weighted by atomic mass is 16.5. The van der Waals surface area contributed by atoms with Crippen molar-refractivity contribution in [2.45, 2.75) is 71.0 Å². The molecule has 0 spiro atoms. The molecule has 3 aromatic carbocycles. The third-order valence-corrected chi connectivity index (χ3v) is 7.12. The summed E-state index contributed by atoms with van der Waals surface area (Å²) >= 11 is 0. The topological polar surface area (TPSA) is 72.8 Å². The molecular formula is C32H36O5. The summed E-state index contributed by atoms with van der Waals surface area (Å²) in [5, 5.41) is 9.81. The molecule has 0 amide bonds. The summed E-state index contributed by atoms with van der Waals surface area (Å²) in [6, 6.07) is 22.6. The number of carboxylic acid groups (broad SMARTS) is 1. The molecule has 0 saturated carbocycles. The second-order valence-corrected chi connectivity index (χ2v) is 9.86. The Morgan fingerprint density at radius 1 is 0.946 bits per heavy atom. The molecule has 37 heavy (non-hydrogen) atoms. The van der Waals surface area contributed by atoms with Crippen molar-refractivity contribution in [2.75, 3.05) is 0 Å². The minimum Gasteiger partial charge on any atom is -0.491 e. The summed E-state index contributed by atoms with van der Waals surface area (Å²) < 4.78 is 12.0. The van der Waals surface area contributed by atoms with Gasteiger partial charge >= 0.3 is 11.9 Å². The first-order valence-corrected chi connectivity index (χ1v) is 13.4. The maximum atomic E-state index is 13.4. The van der Waals surface area contributed by atoms with Crippen LogP contribution in [-0.2, 0) is 16.0 Å². The van der Waals surface area contributed by atoms with Crippen molar-refractivity contribution >= 4 is 11.9 Å². The molecule has 0 radical (unpaired) electrons. The molecule has 194 valence electrons. The molecule has 1 aliphatic rings. The van der Waals surface area contributed by atoms with Crippen molar-refractivity contribution in [1.29, 1.82) is 0 Å². The van der Waals surface area contributed by atoms with Crippen molar-refractivity contribution in [2.24, 2.45) is 5.92 Å². The lowest BCUT2D eigenvalue weighted by atomic mass is 9.81. The van der Waals surface area contributed by atoms with Gasteiger partial charge in [0.1, 0.15) is 11.9 Å². The Hall–Kier alpha value is -3.60. The van der Waals surface area contributed by atoms with Crippen LogP contribution in [0.1, 0.15) is 80.0 Å². The average Bonchev–Trinajstić information content (AvgIpc) is 2.91. The zero-order valence-corrected chi connectivity index (χ0v) is 21.7. The van der Waals surface area contributed by atoms with Gasteiger partial charge in [-0.3, -0.25) is 4.79 Å². The van der Waals surface area contributed by atoms with Crippen LogP contribution in [0, 0.1) is 5.92 Å². The molecular weight excluding hydrogens is 464 g/mol. The van der Waals surface area contributed by atoms with Crippen LogP contribution >= 0.6 is 0 Å². The van der Waals surface area contributed by atoms with E-state index < -0.39 is 24.0 Å². The largest absolute Gasteiger partial charge is 0.491 e. The zero-order chi connectivity index (χ0) is 26.2. The molecule has 1 N–H and O–H groups in total. The first kappa shape index (κ1) is 26.5. The Balaban J connectivity index is 1.50. The fourth-order valence-electron chi connectivity index (χ4n) is 5.07. The molecule has 0 aliphatic heterocycles. The second-order valence-electron chi connectivity index (χ2n) is 9.86. The van der Waals surface area contributed by atoms with Gasteiger partial charge in [-0.1, -0.05) is 80.8 Å². The molecule has 5 heteroatoms. The van der Waals surface area contributed by atoms with Gasteiger partial charge in [-0.15, -0.1) is 0 Å². The summed E-state index contributed by atoms with van der Waals surface area (Å²) in [4.78, 5) is 25.4. The molecule has 0 bridgehead atoms. The number of esters is 1. The van der Waals surface area contributed by atoms with Crippen molar-refractivity contribution in [3.63, 3.8) is 0 Å². The van der Waals surface area contributed by atoms with Gasteiger partial charge in [0.25, 0.3) is 0 Å². The average molecular weight is 501 g/mol. The van der Waals surface area contributed by atoms with Crippen LogP contribution in [0.4, 0.5) is 0 Å². The highest BCUT2D eigenvalue weighted by Gasteiger charge is 2.37. The van der Waals surface area contributed by atoms with E-state index in [0.29, 0.717) is 18.4 Å². The number of aryl methyl sites for hydroxylation is 1. The van der Waals surface area contributed by atoms with E-state index in [1.54, 1.807) is 12.1 Å². The minimum atomic E-state index is -0.948. The van der Waals surface area contributed by atoms with Gasteiger partial charge in [-0.2, -0.15) is 0 Å². The summed E-state index contributed by atoms with van der Waals surface area (Å²) in [7, 11) is 0. The van der Waals surface area contributed by atoms with E-state index >= 15 is 0 Å². The molecule has 5 nitrogen and oxygen atoms in total. The molecule has 4 rings (SSSR count). The third kappa shape index (κ3) is 6.59. The van der Waals surface area contributed by atoms with Crippen molar-refractivity contribution < 1.29 is 24.2 Å². The van der Waals surface area contributed by atoms with E-state index in [4.69, 9.17) is 9.47 Å². The van der Waals surface area contributed by atoms with Crippen LogP contribution in [0.15, 0.2) is 72.8 Å². The van der Waals surface area contributed by atoms with E-state index in [0.717, 1.165) is 40.8 Å². The Morgan fingerprint density at radius 3 is 2.43 bits per heavy atom. The minimum absolute atomic E-state index is 0.144. The molecule has 0 saturated heterocycles. The van der Waals surface area contributed by atoms with Crippen molar-refractivity contribution in [3.05, 3.63) is 89.5 Å². The van der Waals surface area contributed by atoms with Gasteiger partial charge in [-0.05, 0) is 73.1 Å². The Morgan fingerprint density at radius 2 is 1.68 bits per heavy atom. The monoisotopic (exact) mass is 500 g/mol. The lowest BCUT2D eigenvalue weighted by Crippen LogP contribution is -2.30. The summed E-state index contributed by atoms with van der Waals surface area (Å²) in [5.41, 5.74) is 3.82. The third-order valence-electron chi connectivity index (χ3n) is 7.12. The second kappa shape index (κ2) is 12.6. The summed E-state index contributed by atoms with van der Waals surface area (Å²) in [6.07, 6.45) is 6.31. The van der Waals surface area contributed by atoms with Gasteiger partial charge in [0.15, 0.2) is 0 Å². The molecule has 0 fully saturated rings. The van der Waals surface area contributed by atoms with Crippen LogP contribution in [0.2, 0.25) is 0 Å². The number of rotatable bonds is 11. The fraction of sp³-hybridized carbons (Fsp3) is 0.375. The number of hydrogen-bond donors (Lipinski definition) is 1. The summed E-state index contributed by atoms with van der Waals surface area (Å²) in [5.74, 6) is -1.44. The van der Waals surface area contributed by atoms with Crippen LogP contribution in [0.3, 0.4) is 0 Å². The number of carboxylic acids is 1. The smallest absolute Gasteiger partial charge is 0.339 e. The van der Waals surface area contributed by atoms with Crippen LogP contribution < -0.4 is 4.74 Å². The lowest BCUT2D eigenvalue weighted by Gasteiger charge is -2.30. The first-order valence-electron chi connectivity index (χ1n) is 13.4. The normalized spacial score (nSPS) is 17.5. The maximum Gasteiger partial charge on any atom is 0.339 e. The molecule has 2 unspecified atom stereocenters. The number of carbonyl (C=O) groups is 2. The van der Waals surface area contributed by atoms with E-state index in [-0.39, 0.29) is 6.10 Å². The lowest BCUT2D eigenvalue weighted by molar-refractivity contribution is -0.146. The van der Waals surface area contributed by atoms with E-state index in [2.05, 4.69) is 13.8 Å². The van der Waals surface area contributed by atoms with E-state index in [9.17, 15) is 14.7 Å². The highest BCUT2D eigenvalue weighted by molar-refractivity contribution is 5.97. The van der Waals surface area contributed by atoms with Gasteiger partial charge in [0.05, 0.1) is 17.6 Å². The Kier molecular flexibility index (Phi) is 8.99. The molecule has 0 heterocycles. The number of fused-ring (bicyclic) bond motifs is 1.